The number of ether oxygens (including phenoxy) is 1. The number of carbonyl (C=O) groups excluding carboxylic acids is 2. The second kappa shape index (κ2) is 9.25. The van der Waals surface area contributed by atoms with Gasteiger partial charge in [0.25, 0.3) is 12.0 Å². The molecule has 35 heavy (non-hydrogen) atoms. The summed E-state index contributed by atoms with van der Waals surface area (Å²) in [5, 5.41) is -0.278. The number of nitrogens with zero attached hydrogens (tertiary/aromatic N) is 2. The van der Waals surface area contributed by atoms with Gasteiger partial charge in [0.1, 0.15) is 0 Å². The van der Waals surface area contributed by atoms with E-state index in [9.17, 15) is 49.1 Å². The Morgan fingerprint density at radius 2 is 1.37 bits per heavy atom. The first-order chi connectivity index (χ1) is 15.9. The Morgan fingerprint density at radius 3 is 1.86 bits per heavy atom. The molecule has 0 N–H and O–H groups in total. The Bertz CT molecular complexity index is 956. The van der Waals surface area contributed by atoms with Crippen molar-refractivity contribution in [1.29, 1.82) is 0 Å². The molecule has 2 amide bonds. The Kier molecular flexibility index (Phi) is 7.19. The second-order valence-electron chi connectivity index (χ2n) is 8.54. The molecule has 2 heterocycles. The maximum atomic E-state index is 13.0. The highest BCUT2D eigenvalue weighted by Gasteiger charge is 2.60. The molecule has 0 bridgehead atoms. The lowest BCUT2D eigenvalue weighted by Gasteiger charge is -2.39. The van der Waals surface area contributed by atoms with Crippen LogP contribution in [0.1, 0.15) is 35.2 Å². The molecular formula is C20H18ClF9N2O3. The van der Waals surface area contributed by atoms with Crippen molar-refractivity contribution in [1.82, 2.24) is 9.80 Å². The van der Waals surface area contributed by atoms with Gasteiger partial charge in [-0.15, -0.1) is 0 Å². The summed E-state index contributed by atoms with van der Waals surface area (Å²) in [6.07, 6.45) is -21.7. The summed E-state index contributed by atoms with van der Waals surface area (Å²) in [6.45, 7) is -0.158. The molecule has 196 valence electrons. The fraction of sp³-hybridized carbons (Fsp3) is 0.600. The second-order valence-corrected chi connectivity index (χ2v) is 8.97. The highest BCUT2D eigenvalue weighted by molar-refractivity contribution is 6.31. The first kappa shape index (κ1) is 27.2. The van der Waals surface area contributed by atoms with E-state index in [0.717, 1.165) is 11.0 Å². The van der Waals surface area contributed by atoms with Gasteiger partial charge >= 0.3 is 24.6 Å². The largest absolute Gasteiger partial charge is 0.434 e. The standard InChI is InChI=1S/C20H18ClF9N2O3/c21-13-8-11(7-12(9-13)18(22,23)24)14(33)32-6-3-17(10-32)1-4-31(5-2-17)16(34)35-15(19(25,26)27)20(28,29)30/h7-9,15H,1-6,10H2. The summed E-state index contributed by atoms with van der Waals surface area (Å²) in [5.41, 5.74) is -1.95. The number of hydrogen-bond acceptors (Lipinski definition) is 3. The minimum atomic E-state index is -5.83. The SMILES string of the molecule is O=C(OC(C(F)(F)F)C(F)(F)F)N1CCC2(CC1)CCN(C(=O)c1cc(Cl)cc(C(F)(F)F)c1)C2. The first-order valence-electron chi connectivity index (χ1n) is 10.2. The van der Waals surface area contributed by atoms with Crippen molar-refractivity contribution in [3.8, 4) is 0 Å². The maximum Gasteiger partial charge on any atom is 0.434 e. The lowest BCUT2D eigenvalue weighted by atomic mass is 9.78. The first-order valence-corrected chi connectivity index (χ1v) is 10.6. The van der Waals surface area contributed by atoms with E-state index in [1.54, 1.807) is 0 Å². The monoisotopic (exact) mass is 540 g/mol. The Labute approximate surface area is 197 Å². The summed E-state index contributed by atoms with van der Waals surface area (Å²) in [5.74, 6) is -0.699. The molecule has 1 aromatic rings. The summed E-state index contributed by atoms with van der Waals surface area (Å²) in [6, 6.07) is 2.46. The summed E-state index contributed by atoms with van der Waals surface area (Å²) in [7, 11) is 0. The van der Waals surface area contributed by atoms with Crippen molar-refractivity contribution < 1.29 is 53.8 Å². The molecule has 5 nitrogen and oxygen atoms in total. The van der Waals surface area contributed by atoms with Crippen molar-refractivity contribution in [2.24, 2.45) is 5.41 Å². The molecule has 0 saturated carbocycles. The highest BCUT2D eigenvalue weighted by atomic mass is 35.5. The normalized spacial score (nSPS) is 18.9. The fourth-order valence-corrected chi connectivity index (χ4v) is 4.47. The number of likely N-dealkylation sites (tertiary alicyclic amines) is 2. The number of alkyl halides is 9. The van der Waals surface area contributed by atoms with E-state index in [1.807, 2.05) is 0 Å². The summed E-state index contributed by atoms with van der Waals surface area (Å²) < 4.78 is 119. The van der Waals surface area contributed by atoms with Crippen LogP contribution in [0.5, 0.6) is 0 Å². The number of carbonyl (C=O) groups is 2. The molecule has 0 radical (unpaired) electrons. The minimum Gasteiger partial charge on any atom is -0.426 e. The molecule has 1 spiro atoms. The molecule has 2 saturated heterocycles. The molecular weight excluding hydrogens is 523 g/mol. The van der Waals surface area contributed by atoms with Crippen molar-refractivity contribution in [3.05, 3.63) is 34.3 Å². The van der Waals surface area contributed by atoms with Crippen LogP contribution in [0.3, 0.4) is 0 Å². The van der Waals surface area contributed by atoms with Crippen LogP contribution >= 0.6 is 11.6 Å². The van der Waals surface area contributed by atoms with Crippen molar-refractivity contribution in [3.63, 3.8) is 0 Å². The van der Waals surface area contributed by atoms with E-state index in [0.29, 0.717) is 18.6 Å². The lowest BCUT2D eigenvalue weighted by Crippen LogP contribution is -2.50. The molecule has 2 aliphatic heterocycles. The van der Waals surface area contributed by atoms with Gasteiger partial charge in [-0.05, 0) is 42.9 Å². The molecule has 15 heteroatoms. The third kappa shape index (κ3) is 6.25. The number of rotatable bonds is 2. The molecule has 2 fully saturated rings. The number of hydrogen-bond donors (Lipinski definition) is 0. The highest BCUT2D eigenvalue weighted by Crippen LogP contribution is 2.42. The van der Waals surface area contributed by atoms with Gasteiger partial charge in [0.15, 0.2) is 0 Å². The molecule has 0 aliphatic carbocycles. The average molecular weight is 541 g/mol. The van der Waals surface area contributed by atoms with Gasteiger partial charge in [0, 0.05) is 36.8 Å². The van der Waals surface area contributed by atoms with Crippen LogP contribution in [0.25, 0.3) is 0 Å². The topological polar surface area (TPSA) is 49.9 Å². The van der Waals surface area contributed by atoms with Crippen LogP contribution in [0.15, 0.2) is 18.2 Å². The molecule has 3 rings (SSSR count). The zero-order chi connectivity index (χ0) is 26.4. The smallest absolute Gasteiger partial charge is 0.426 e. The molecule has 0 aromatic heterocycles. The predicted molar refractivity (Wildman–Crippen MR) is 103 cm³/mol. The van der Waals surface area contributed by atoms with Gasteiger partial charge in [-0.2, -0.15) is 39.5 Å². The Balaban J connectivity index is 1.63. The summed E-state index contributed by atoms with van der Waals surface area (Å²) in [4.78, 5) is 26.8. The van der Waals surface area contributed by atoms with Crippen LogP contribution in [0.4, 0.5) is 44.3 Å². The number of piperidine rings is 1. The molecule has 0 unspecified atom stereocenters. The zero-order valence-electron chi connectivity index (χ0n) is 17.7. The predicted octanol–water partition coefficient (Wildman–Crippen LogP) is 5.92. The fourth-order valence-electron chi connectivity index (χ4n) is 4.23. The number of amides is 2. The minimum absolute atomic E-state index is 0.0936. The average Bonchev–Trinajstić information content (AvgIpc) is 3.12. The Hall–Kier alpha value is -2.38. The molecule has 1 aromatic carbocycles. The third-order valence-electron chi connectivity index (χ3n) is 6.09. The molecule has 2 aliphatic rings. The van der Waals surface area contributed by atoms with Crippen molar-refractivity contribution in [2.75, 3.05) is 26.2 Å². The Morgan fingerprint density at radius 1 is 0.857 bits per heavy atom. The van der Waals surface area contributed by atoms with Crippen molar-refractivity contribution >= 4 is 23.6 Å². The van der Waals surface area contributed by atoms with E-state index in [2.05, 4.69) is 4.74 Å². The summed E-state index contributed by atoms with van der Waals surface area (Å²) >= 11 is 5.73. The van der Waals surface area contributed by atoms with Crippen LogP contribution in [-0.2, 0) is 10.9 Å². The zero-order valence-corrected chi connectivity index (χ0v) is 18.4. The van der Waals surface area contributed by atoms with Gasteiger partial charge in [-0.25, -0.2) is 4.79 Å². The van der Waals surface area contributed by atoms with Gasteiger partial charge in [0.05, 0.1) is 5.56 Å². The quantitative estimate of drug-likeness (QED) is 0.438. The van der Waals surface area contributed by atoms with Crippen LogP contribution in [0, 0.1) is 5.41 Å². The van der Waals surface area contributed by atoms with Gasteiger partial charge in [-0.1, -0.05) is 11.6 Å². The maximum absolute atomic E-state index is 13.0. The third-order valence-corrected chi connectivity index (χ3v) is 6.31. The van der Waals surface area contributed by atoms with E-state index in [-0.39, 0.29) is 49.6 Å². The van der Waals surface area contributed by atoms with Crippen molar-refractivity contribution in [2.45, 2.75) is 43.9 Å². The number of halogens is 10. The van der Waals surface area contributed by atoms with Gasteiger partial charge in [0.2, 0.25) is 0 Å². The molecule has 0 atom stereocenters. The van der Waals surface area contributed by atoms with Crippen LogP contribution < -0.4 is 0 Å². The van der Waals surface area contributed by atoms with E-state index in [1.165, 1.54) is 4.90 Å². The number of benzene rings is 1. The van der Waals surface area contributed by atoms with E-state index in [4.69, 9.17) is 11.6 Å². The lowest BCUT2D eigenvalue weighted by molar-refractivity contribution is -0.308. The van der Waals surface area contributed by atoms with E-state index >= 15 is 0 Å². The van der Waals surface area contributed by atoms with Crippen LogP contribution in [-0.4, -0.2) is 66.4 Å². The van der Waals surface area contributed by atoms with E-state index < -0.39 is 47.6 Å². The van der Waals surface area contributed by atoms with Crippen LogP contribution in [0.2, 0.25) is 5.02 Å². The van der Waals surface area contributed by atoms with Gasteiger partial charge < -0.3 is 14.5 Å². The van der Waals surface area contributed by atoms with Gasteiger partial charge in [-0.3, -0.25) is 4.79 Å².